The van der Waals surface area contributed by atoms with Crippen LogP contribution in [-0.4, -0.2) is 22.6 Å². The molecule has 10 rings (SSSR count). The van der Waals surface area contributed by atoms with Crippen LogP contribution in [-0.2, 0) is 26.5 Å². The van der Waals surface area contributed by atoms with Gasteiger partial charge in [-0.05, 0) is 105 Å². The van der Waals surface area contributed by atoms with Crippen molar-refractivity contribution in [1.29, 1.82) is 0 Å². The first-order chi connectivity index (χ1) is 29.0. The monoisotopic (exact) mass is 988 g/mol. The Kier molecular flexibility index (Phi) is 11.8. The van der Waals surface area contributed by atoms with E-state index < -0.39 is 8.07 Å². The molecule has 1 radical (unpaired) electrons. The van der Waals surface area contributed by atoms with E-state index in [-0.39, 0.29) is 20.1 Å². The minimum Gasteiger partial charge on any atom is -0.557 e. The van der Waals surface area contributed by atoms with Crippen LogP contribution in [0.1, 0.15) is 30.5 Å². The quantitative estimate of drug-likeness (QED) is 0.0908. The molecule has 0 N–H and O–H groups in total. The molecular weight excluding hydrogens is 939 g/mol. The third kappa shape index (κ3) is 8.28. The van der Waals surface area contributed by atoms with Gasteiger partial charge < -0.3 is 14.0 Å². The van der Waals surface area contributed by atoms with Gasteiger partial charge in [0.05, 0.1) is 24.9 Å². The number of hydrogen-bond donors (Lipinski definition) is 0. The second kappa shape index (κ2) is 17.2. The van der Waals surface area contributed by atoms with Crippen molar-refractivity contribution in [3.05, 3.63) is 181 Å². The number of imidazole rings is 1. The molecule has 61 heavy (non-hydrogen) atoms. The molecule has 0 saturated carbocycles. The van der Waals surface area contributed by atoms with Gasteiger partial charge in [0.15, 0.2) is 0 Å². The Labute approximate surface area is 373 Å². The molecule has 4 nitrogen and oxygen atoms in total. The molecule has 7 aromatic carbocycles. The maximum atomic E-state index is 6.06. The molecule has 10 aromatic rings. The van der Waals surface area contributed by atoms with Crippen molar-refractivity contribution in [3.8, 4) is 39.5 Å². The molecule has 0 saturated heterocycles. The molecule has 3 aromatic heterocycles. The Morgan fingerprint density at radius 2 is 1.41 bits per heavy atom. The summed E-state index contributed by atoms with van der Waals surface area (Å²) in [6.07, 6.45) is 6.47. The van der Waals surface area contributed by atoms with Crippen molar-refractivity contribution in [2.75, 3.05) is 0 Å². The molecule has 0 aliphatic heterocycles. The van der Waals surface area contributed by atoms with Crippen LogP contribution in [0.3, 0.4) is 0 Å². The molecule has 0 aliphatic carbocycles. The largest absolute Gasteiger partial charge is 0.557 e. The summed E-state index contributed by atoms with van der Waals surface area (Å²) in [6, 6.07) is 54.2. The summed E-state index contributed by atoms with van der Waals surface area (Å²) in [6.45, 7) is 16.1. The van der Waals surface area contributed by atoms with Crippen molar-refractivity contribution in [2.45, 2.75) is 53.8 Å². The standard InChI is InChI=1S/C37H25N2O.C18H24NSi.Ir/c1-23-18-28(19-24(2)36(23)26-11-4-3-5-12-26)39-34-15-9-8-14-33(34)38-37(39)32-22-40-35-20-27-17-16-25-10-6-7-13-29(25)30(27)21-31(32)35;1-14(2)11-16-12-17(15-9-7-6-8-10-15)19-13-18(16)20(3,4)5;/h3-21H,1-2H3;6-9,12-14H,11H2,1-5H3;/q2*-1;. The van der Waals surface area contributed by atoms with E-state index in [2.05, 4.69) is 197 Å². The Morgan fingerprint density at radius 1 is 0.705 bits per heavy atom. The summed E-state index contributed by atoms with van der Waals surface area (Å²) < 4.78 is 8.30. The average molecular weight is 988 g/mol. The number of hydrogen-bond acceptors (Lipinski definition) is 3. The van der Waals surface area contributed by atoms with Gasteiger partial charge in [-0.3, -0.25) is 4.98 Å². The van der Waals surface area contributed by atoms with Gasteiger partial charge in [0.1, 0.15) is 0 Å². The van der Waals surface area contributed by atoms with E-state index in [4.69, 9.17) is 9.40 Å². The van der Waals surface area contributed by atoms with Gasteiger partial charge in [-0.1, -0.05) is 147 Å². The van der Waals surface area contributed by atoms with Gasteiger partial charge in [0.25, 0.3) is 0 Å². The van der Waals surface area contributed by atoms with E-state index in [0.717, 1.165) is 62.1 Å². The zero-order chi connectivity index (χ0) is 41.5. The van der Waals surface area contributed by atoms with Crippen molar-refractivity contribution < 1.29 is 24.5 Å². The molecule has 0 spiro atoms. The summed E-state index contributed by atoms with van der Waals surface area (Å²) in [5.41, 5.74) is 13.3. The van der Waals surface area contributed by atoms with Crippen LogP contribution in [0.25, 0.3) is 83.0 Å². The van der Waals surface area contributed by atoms with E-state index in [1.165, 1.54) is 49.2 Å². The minimum atomic E-state index is -1.34. The summed E-state index contributed by atoms with van der Waals surface area (Å²) in [5.74, 6) is 1.49. The number of para-hydroxylation sites is 2. The molecule has 3 heterocycles. The number of fused-ring (bicyclic) bond motifs is 5. The molecule has 0 bridgehead atoms. The summed E-state index contributed by atoms with van der Waals surface area (Å²) >= 11 is 0. The van der Waals surface area contributed by atoms with Crippen LogP contribution < -0.4 is 5.19 Å². The van der Waals surface area contributed by atoms with Crippen LogP contribution >= 0.6 is 0 Å². The third-order valence-corrected chi connectivity index (χ3v) is 13.5. The average Bonchev–Trinajstić information content (AvgIpc) is 3.84. The van der Waals surface area contributed by atoms with Crippen LogP contribution in [0.5, 0.6) is 0 Å². The number of furan rings is 1. The first-order valence-electron chi connectivity index (χ1n) is 20.9. The fraction of sp³-hybridized carbons (Fsp3) is 0.164. The van der Waals surface area contributed by atoms with Gasteiger partial charge >= 0.3 is 0 Å². The number of aryl methyl sites for hydroxylation is 2. The Bertz CT molecular complexity index is 3140. The predicted molar refractivity (Wildman–Crippen MR) is 255 cm³/mol. The number of nitrogens with zero attached hydrogens (tertiary/aromatic N) is 3. The Hall–Kier alpha value is -5.91. The zero-order valence-corrected chi connectivity index (χ0v) is 39.2. The van der Waals surface area contributed by atoms with Crippen molar-refractivity contribution in [1.82, 2.24) is 14.5 Å². The predicted octanol–water partition coefficient (Wildman–Crippen LogP) is 14.1. The molecule has 6 heteroatoms. The molecule has 305 valence electrons. The Morgan fingerprint density at radius 3 is 2.15 bits per heavy atom. The molecule has 0 aliphatic rings. The normalized spacial score (nSPS) is 11.6. The van der Waals surface area contributed by atoms with E-state index in [0.29, 0.717) is 5.92 Å². The maximum Gasteiger partial charge on any atom is 0.0798 e. The van der Waals surface area contributed by atoms with Gasteiger partial charge in [0.2, 0.25) is 0 Å². The topological polar surface area (TPSA) is 43.9 Å². The third-order valence-electron chi connectivity index (χ3n) is 11.4. The first-order valence-corrected chi connectivity index (χ1v) is 24.4. The number of aromatic nitrogens is 3. The smallest absolute Gasteiger partial charge is 0.0798 e. The minimum absolute atomic E-state index is 0. The molecule has 0 atom stereocenters. The molecule has 0 amide bonds. The number of benzene rings is 7. The van der Waals surface area contributed by atoms with Crippen LogP contribution in [0.2, 0.25) is 19.6 Å². The van der Waals surface area contributed by atoms with E-state index in [1.807, 2.05) is 24.3 Å². The summed E-state index contributed by atoms with van der Waals surface area (Å²) in [4.78, 5) is 9.82. The molecular formula is C55H49IrN3OSi-2. The van der Waals surface area contributed by atoms with Crippen molar-refractivity contribution in [2.24, 2.45) is 5.92 Å². The SMILES string of the molecule is CC(C)Cc1cc(-c2[c-]cccc2)ncc1[Si](C)(C)C.Cc1cc(-n2c(-c3[c-]oc4cc5ccc6ccccc6c5cc34)nc3ccccc32)cc(C)c1-c1ccccc1.[Ir]. The van der Waals surface area contributed by atoms with E-state index in [9.17, 15) is 0 Å². The molecule has 0 fully saturated rings. The fourth-order valence-electron chi connectivity index (χ4n) is 8.71. The van der Waals surface area contributed by atoms with Gasteiger partial charge in [0, 0.05) is 43.8 Å². The van der Waals surface area contributed by atoms with Crippen LogP contribution in [0.15, 0.2) is 156 Å². The van der Waals surface area contributed by atoms with Crippen LogP contribution in [0, 0.1) is 32.1 Å². The maximum absolute atomic E-state index is 6.06. The molecule has 0 unspecified atom stereocenters. The van der Waals surface area contributed by atoms with E-state index >= 15 is 0 Å². The zero-order valence-electron chi connectivity index (χ0n) is 35.8. The second-order valence-electron chi connectivity index (χ2n) is 17.4. The Balaban J connectivity index is 0.000000208. The first kappa shape index (κ1) is 41.8. The second-order valence-corrected chi connectivity index (χ2v) is 22.4. The van der Waals surface area contributed by atoms with Crippen molar-refractivity contribution in [3.63, 3.8) is 0 Å². The van der Waals surface area contributed by atoms with Gasteiger partial charge in [-0.2, -0.15) is 0 Å². The van der Waals surface area contributed by atoms with Gasteiger partial charge in [-0.15, -0.1) is 35.9 Å². The summed E-state index contributed by atoms with van der Waals surface area (Å²) in [7, 11) is -1.34. The van der Waals surface area contributed by atoms with E-state index in [1.54, 1.807) is 0 Å². The van der Waals surface area contributed by atoms with Crippen molar-refractivity contribution >= 4 is 56.8 Å². The number of rotatable bonds is 7. The fourth-order valence-corrected chi connectivity index (χ4v) is 10.3. The summed E-state index contributed by atoms with van der Waals surface area (Å²) in [5, 5.41) is 7.30. The number of pyridine rings is 1. The van der Waals surface area contributed by atoms with Gasteiger partial charge in [-0.25, -0.2) is 0 Å². The van der Waals surface area contributed by atoms with Crippen LogP contribution in [0.4, 0.5) is 0 Å².